The molecular weight excluding hydrogens is 440 g/mol. The normalized spacial score (nSPS) is 21.8. The van der Waals surface area contributed by atoms with Crippen molar-refractivity contribution in [1.29, 1.82) is 0 Å². The quantitative estimate of drug-likeness (QED) is 0.672. The molecule has 190 valence electrons. The number of nitrogens with zero attached hydrogens (tertiary/aromatic N) is 2. The number of carbonyl (C=O) groups excluding carboxylic acids is 3. The van der Waals surface area contributed by atoms with Crippen LogP contribution in [0, 0.1) is 5.92 Å². The lowest BCUT2D eigenvalue weighted by molar-refractivity contribution is -0.139. The summed E-state index contributed by atoms with van der Waals surface area (Å²) in [7, 11) is 4.78. The first-order chi connectivity index (χ1) is 16.1. The molecule has 1 aliphatic rings. The number of amides is 4. The lowest BCUT2D eigenvalue weighted by atomic mass is 10.0. The number of urea groups is 1. The summed E-state index contributed by atoms with van der Waals surface area (Å²) in [4.78, 5) is 41.5. The summed E-state index contributed by atoms with van der Waals surface area (Å²) in [5.74, 6) is -0.0641. The van der Waals surface area contributed by atoms with Gasteiger partial charge in [-0.2, -0.15) is 0 Å². The minimum atomic E-state index is -0.362. The van der Waals surface area contributed by atoms with E-state index >= 15 is 0 Å². The van der Waals surface area contributed by atoms with Gasteiger partial charge in [-0.05, 0) is 39.0 Å². The van der Waals surface area contributed by atoms with Gasteiger partial charge >= 0.3 is 6.03 Å². The SMILES string of the molecule is COCC(=O)N1C[C@@H](C)[C@H](OC)CN(C)C(=O)c2cc(NC(=O)NC(C)C)ccc2OC[C@@H]1C. The van der Waals surface area contributed by atoms with Crippen LogP contribution >= 0.6 is 0 Å². The van der Waals surface area contributed by atoms with Crippen LogP contribution in [-0.2, 0) is 14.3 Å². The topological polar surface area (TPSA) is 109 Å². The van der Waals surface area contributed by atoms with Gasteiger partial charge in [-0.1, -0.05) is 6.92 Å². The fourth-order valence-electron chi connectivity index (χ4n) is 3.84. The van der Waals surface area contributed by atoms with E-state index in [1.54, 1.807) is 42.2 Å². The number of benzene rings is 1. The first kappa shape index (κ1) is 27.4. The predicted molar refractivity (Wildman–Crippen MR) is 129 cm³/mol. The molecular formula is C24H38N4O6. The molecule has 0 aromatic heterocycles. The molecule has 0 spiro atoms. The number of fused-ring (bicyclic) bond motifs is 1. The van der Waals surface area contributed by atoms with E-state index in [9.17, 15) is 14.4 Å². The van der Waals surface area contributed by atoms with Crippen LogP contribution in [0.1, 0.15) is 38.1 Å². The zero-order valence-electron chi connectivity index (χ0n) is 21.2. The first-order valence-corrected chi connectivity index (χ1v) is 11.5. The van der Waals surface area contributed by atoms with E-state index < -0.39 is 0 Å². The Balaban J connectivity index is 2.41. The van der Waals surface area contributed by atoms with Crippen molar-refractivity contribution in [3.63, 3.8) is 0 Å². The monoisotopic (exact) mass is 478 g/mol. The van der Waals surface area contributed by atoms with Gasteiger partial charge in [0.2, 0.25) is 5.91 Å². The zero-order chi connectivity index (χ0) is 25.4. The van der Waals surface area contributed by atoms with Crippen molar-refractivity contribution in [3.8, 4) is 5.75 Å². The second-order valence-electron chi connectivity index (χ2n) is 9.04. The van der Waals surface area contributed by atoms with E-state index in [0.29, 0.717) is 30.1 Å². The Kier molecular flexibility index (Phi) is 10.1. The van der Waals surface area contributed by atoms with Crippen LogP contribution in [0.2, 0.25) is 0 Å². The molecule has 1 aliphatic heterocycles. The fraction of sp³-hybridized carbons (Fsp3) is 0.625. The smallest absolute Gasteiger partial charge is 0.319 e. The minimum absolute atomic E-state index is 0.0291. The van der Waals surface area contributed by atoms with Gasteiger partial charge in [0.15, 0.2) is 0 Å². The van der Waals surface area contributed by atoms with Gasteiger partial charge in [0, 0.05) is 52.0 Å². The van der Waals surface area contributed by atoms with Crippen molar-refractivity contribution in [2.24, 2.45) is 5.92 Å². The number of carbonyl (C=O) groups is 3. The predicted octanol–water partition coefficient (Wildman–Crippen LogP) is 2.20. The van der Waals surface area contributed by atoms with Crippen LogP contribution < -0.4 is 15.4 Å². The van der Waals surface area contributed by atoms with Gasteiger partial charge in [0.1, 0.15) is 19.0 Å². The first-order valence-electron chi connectivity index (χ1n) is 11.5. The Labute approximate surface area is 201 Å². The Hall–Kier alpha value is -2.85. The summed E-state index contributed by atoms with van der Waals surface area (Å²) < 4.78 is 16.8. The van der Waals surface area contributed by atoms with Gasteiger partial charge in [-0.3, -0.25) is 9.59 Å². The molecule has 4 amide bonds. The van der Waals surface area contributed by atoms with Crippen LogP contribution in [0.15, 0.2) is 18.2 Å². The van der Waals surface area contributed by atoms with Crippen molar-refractivity contribution in [1.82, 2.24) is 15.1 Å². The second-order valence-corrected chi connectivity index (χ2v) is 9.04. The number of hydrogen-bond acceptors (Lipinski definition) is 6. The number of nitrogens with one attached hydrogen (secondary N) is 2. The number of anilines is 1. The third kappa shape index (κ3) is 7.33. The van der Waals surface area contributed by atoms with Gasteiger partial charge < -0.3 is 34.6 Å². The molecule has 0 saturated carbocycles. The van der Waals surface area contributed by atoms with Gasteiger partial charge in [-0.25, -0.2) is 4.79 Å². The lowest BCUT2D eigenvalue weighted by Gasteiger charge is -2.36. The van der Waals surface area contributed by atoms with E-state index in [2.05, 4.69) is 10.6 Å². The third-order valence-corrected chi connectivity index (χ3v) is 5.71. The third-order valence-electron chi connectivity index (χ3n) is 5.71. The van der Waals surface area contributed by atoms with E-state index in [1.807, 2.05) is 27.7 Å². The number of ether oxygens (including phenoxy) is 3. The average molecular weight is 479 g/mol. The molecule has 34 heavy (non-hydrogen) atoms. The van der Waals surface area contributed by atoms with E-state index in [4.69, 9.17) is 14.2 Å². The maximum Gasteiger partial charge on any atom is 0.319 e. The Morgan fingerprint density at radius 3 is 2.53 bits per heavy atom. The molecule has 0 unspecified atom stereocenters. The van der Waals surface area contributed by atoms with Crippen molar-refractivity contribution in [3.05, 3.63) is 23.8 Å². The highest BCUT2D eigenvalue weighted by atomic mass is 16.5. The Morgan fingerprint density at radius 2 is 1.91 bits per heavy atom. The maximum atomic E-state index is 13.4. The standard InChI is InChI=1S/C24H38N4O6/c1-15(2)25-24(31)26-18-8-9-20-19(10-18)23(30)27(5)12-21(33-7)16(3)11-28(17(4)13-34-20)22(29)14-32-6/h8-10,15-17,21H,11-14H2,1-7H3,(H2,25,26,31)/t16-,17+,21-/m1/s1. The van der Waals surface area contributed by atoms with Gasteiger partial charge in [-0.15, -0.1) is 0 Å². The molecule has 2 N–H and O–H groups in total. The van der Waals surface area contributed by atoms with Crippen LogP contribution in [0.5, 0.6) is 5.75 Å². The Bertz CT molecular complexity index is 862. The lowest BCUT2D eigenvalue weighted by Crippen LogP contribution is -2.49. The second kappa shape index (κ2) is 12.6. The summed E-state index contributed by atoms with van der Waals surface area (Å²) in [6.45, 7) is 8.52. The average Bonchev–Trinajstić information content (AvgIpc) is 2.77. The molecule has 1 heterocycles. The molecule has 2 rings (SSSR count). The van der Waals surface area contributed by atoms with Crippen LogP contribution in [0.3, 0.4) is 0 Å². The fourth-order valence-corrected chi connectivity index (χ4v) is 3.84. The summed E-state index contributed by atoms with van der Waals surface area (Å²) in [5, 5.41) is 5.51. The highest BCUT2D eigenvalue weighted by Crippen LogP contribution is 2.26. The molecule has 3 atom stereocenters. The zero-order valence-corrected chi connectivity index (χ0v) is 21.2. The van der Waals surface area contributed by atoms with Crippen LogP contribution in [-0.4, -0.2) is 93.4 Å². The number of likely N-dealkylation sites (N-methyl/N-ethyl adjacent to an activating group) is 1. The minimum Gasteiger partial charge on any atom is -0.491 e. The van der Waals surface area contributed by atoms with Crippen molar-refractivity contribution in [2.75, 3.05) is 52.9 Å². The summed E-state index contributed by atoms with van der Waals surface area (Å²) in [5.41, 5.74) is 0.783. The largest absolute Gasteiger partial charge is 0.491 e. The molecule has 0 bridgehead atoms. The van der Waals surface area contributed by atoms with Crippen molar-refractivity contribution in [2.45, 2.75) is 45.9 Å². The molecule has 1 aromatic rings. The van der Waals surface area contributed by atoms with Gasteiger partial charge in [0.25, 0.3) is 5.91 Å². The summed E-state index contributed by atoms with van der Waals surface area (Å²) >= 11 is 0. The summed E-state index contributed by atoms with van der Waals surface area (Å²) in [6, 6.07) is 4.28. The Morgan fingerprint density at radius 1 is 1.21 bits per heavy atom. The van der Waals surface area contributed by atoms with E-state index in [-0.39, 0.29) is 55.2 Å². The van der Waals surface area contributed by atoms with Crippen LogP contribution in [0.4, 0.5) is 10.5 Å². The highest BCUT2D eigenvalue weighted by molar-refractivity contribution is 5.99. The number of methoxy groups -OCH3 is 2. The molecule has 0 aliphatic carbocycles. The van der Waals surface area contributed by atoms with E-state index in [0.717, 1.165) is 0 Å². The maximum absolute atomic E-state index is 13.4. The number of rotatable bonds is 5. The van der Waals surface area contributed by atoms with Crippen molar-refractivity contribution >= 4 is 23.5 Å². The molecule has 0 saturated heterocycles. The van der Waals surface area contributed by atoms with Crippen LogP contribution in [0.25, 0.3) is 0 Å². The molecule has 0 radical (unpaired) electrons. The molecule has 10 heteroatoms. The molecule has 10 nitrogen and oxygen atoms in total. The van der Waals surface area contributed by atoms with E-state index in [1.165, 1.54) is 7.11 Å². The highest BCUT2D eigenvalue weighted by Gasteiger charge is 2.30. The number of hydrogen-bond donors (Lipinski definition) is 2. The van der Waals surface area contributed by atoms with Crippen molar-refractivity contribution < 1.29 is 28.6 Å². The molecule has 0 fully saturated rings. The molecule has 1 aromatic carbocycles. The van der Waals surface area contributed by atoms with Gasteiger partial charge in [0.05, 0.1) is 17.7 Å². The summed E-state index contributed by atoms with van der Waals surface area (Å²) in [6.07, 6.45) is -0.291.